The predicted molar refractivity (Wildman–Crippen MR) is 85.0 cm³/mol. The molecule has 1 fully saturated rings. The summed E-state index contributed by atoms with van der Waals surface area (Å²) in [5, 5.41) is 12.6. The first kappa shape index (κ1) is 15.5. The van der Waals surface area contributed by atoms with Gasteiger partial charge in [0, 0.05) is 19.2 Å². The molecule has 1 aliphatic rings. The molecule has 0 unspecified atom stereocenters. The Labute approximate surface area is 123 Å². The van der Waals surface area contributed by atoms with E-state index in [2.05, 4.69) is 50.4 Å². The van der Waals surface area contributed by atoms with Crippen molar-refractivity contribution in [1.82, 2.24) is 5.32 Å². The number of nitrogens with one attached hydrogen (secondary N) is 1. The molecule has 0 saturated heterocycles. The van der Waals surface area contributed by atoms with Crippen molar-refractivity contribution < 1.29 is 5.11 Å². The van der Waals surface area contributed by atoms with E-state index in [-0.39, 0.29) is 5.41 Å². The topological polar surface area (TPSA) is 32.3 Å². The highest BCUT2D eigenvalue weighted by atomic mass is 16.2. The van der Waals surface area contributed by atoms with Gasteiger partial charge in [0.25, 0.3) is 0 Å². The summed E-state index contributed by atoms with van der Waals surface area (Å²) in [6.07, 6.45) is 4.52. The van der Waals surface area contributed by atoms with E-state index in [0.717, 1.165) is 25.3 Å². The molecule has 2 N–H and O–H groups in total. The van der Waals surface area contributed by atoms with Crippen molar-refractivity contribution >= 4 is 0 Å². The minimum absolute atomic E-state index is 0.289. The van der Waals surface area contributed by atoms with Crippen LogP contribution in [0.1, 0.15) is 56.6 Å². The summed E-state index contributed by atoms with van der Waals surface area (Å²) in [6, 6.07) is 9.67. The Morgan fingerprint density at radius 3 is 2.45 bits per heavy atom. The number of benzene rings is 1. The van der Waals surface area contributed by atoms with E-state index >= 15 is 0 Å². The average molecular weight is 275 g/mol. The zero-order chi connectivity index (χ0) is 14.6. The van der Waals surface area contributed by atoms with Crippen LogP contribution in [0.3, 0.4) is 0 Å². The van der Waals surface area contributed by atoms with Gasteiger partial charge in [-0.15, -0.1) is 0 Å². The largest absolute Gasteiger partial charge is 0.396 e. The van der Waals surface area contributed by atoms with Crippen molar-refractivity contribution in [3.8, 4) is 0 Å². The molecule has 20 heavy (non-hydrogen) atoms. The van der Waals surface area contributed by atoms with Gasteiger partial charge in [0.1, 0.15) is 0 Å². The molecule has 0 heterocycles. The molecule has 2 heteroatoms. The maximum absolute atomic E-state index is 8.92. The van der Waals surface area contributed by atoms with E-state index in [1.165, 1.54) is 24.0 Å². The first-order valence-corrected chi connectivity index (χ1v) is 7.91. The number of rotatable bonds is 7. The monoisotopic (exact) mass is 275 g/mol. The smallest absolute Gasteiger partial charge is 0.0431 e. The lowest BCUT2D eigenvalue weighted by molar-refractivity contribution is 0.210. The van der Waals surface area contributed by atoms with Crippen LogP contribution < -0.4 is 5.32 Å². The minimum atomic E-state index is 0.289. The molecular formula is C18H29NO. The average Bonchev–Trinajstić information content (AvgIpc) is 2.36. The minimum Gasteiger partial charge on any atom is -0.396 e. The Kier molecular flexibility index (Phi) is 5.22. The zero-order valence-corrected chi connectivity index (χ0v) is 13.2. The van der Waals surface area contributed by atoms with Crippen molar-refractivity contribution in [3.63, 3.8) is 0 Å². The fourth-order valence-electron chi connectivity index (χ4n) is 2.96. The zero-order valence-electron chi connectivity index (χ0n) is 13.2. The van der Waals surface area contributed by atoms with Crippen LogP contribution in [0.4, 0.5) is 0 Å². The maximum atomic E-state index is 8.92. The second kappa shape index (κ2) is 6.73. The summed E-state index contributed by atoms with van der Waals surface area (Å²) in [5.41, 5.74) is 3.12. The summed E-state index contributed by atoms with van der Waals surface area (Å²) >= 11 is 0. The van der Waals surface area contributed by atoms with E-state index in [9.17, 15) is 0 Å². The quantitative estimate of drug-likeness (QED) is 0.796. The first-order chi connectivity index (χ1) is 9.50. The Hall–Kier alpha value is -0.860. The molecule has 0 aromatic heterocycles. The molecule has 1 aromatic carbocycles. The molecule has 0 radical (unpaired) electrons. The van der Waals surface area contributed by atoms with Crippen molar-refractivity contribution in [1.29, 1.82) is 0 Å². The van der Waals surface area contributed by atoms with Gasteiger partial charge in [0.2, 0.25) is 0 Å². The lowest BCUT2D eigenvalue weighted by Gasteiger charge is -2.38. The van der Waals surface area contributed by atoms with Gasteiger partial charge in [-0.25, -0.2) is 0 Å². The van der Waals surface area contributed by atoms with Gasteiger partial charge in [-0.1, -0.05) is 43.7 Å². The summed E-state index contributed by atoms with van der Waals surface area (Å²) in [6.45, 7) is 8.07. The Balaban J connectivity index is 1.70. The van der Waals surface area contributed by atoms with Gasteiger partial charge in [-0.05, 0) is 49.5 Å². The highest BCUT2D eigenvalue weighted by molar-refractivity contribution is 5.26. The van der Waals surface area contributed by atoms with Crippen LogP contribution in [0.25, 0.3) is 0 Å². The maximum Gasteiger partial charge on any atom is 0.0431 e. The molecule has 2 rings (SSSR count). The lowest BCUT2D eigenvalue weighted by Crippen LogP contribution is -2.44. The fraction of sp³-hybridized carbons (Fsp3) is 0.667. The van der Waals surface area contributed by atoms with Gasteiger partial charge in [0.05, 0.1) is 0 Å². The van der Waals surface area contributed by atoms with Crippen molar-refractivity contribution in [2.24, 2.45) is 5.41 Å². The predicted octanol–water partition coefficient (Wildman–Crippen LogP) is 3.63. The molecule has 0 amide bonds. The van der Waals surface area contributed by atoms with E-state index < -0.39 is 0 Å². The van der Waals surface area contributed by atoms with Crippen LogP contribution in [0.5, 0.6) is 0 Å². The van der Waals surface area contributed by atoms with Gasteiger partial charge < -0.3 is 10.4 Å². The van der Waals surface area contributed by atoms with E-state index in [0.29, 0.717) is 12.6 Å². The van der Waals surface area contributed by atoms with E-state index in [1.54, 1.807) is 0 Å². The molecule has 112 valence electrons. The van der Waals surface area contributed by atoms with Crippen molar-refractivity contribution in [2.45, 2.75) is 58.4 Å². The molecule has 2 nitrogen and oxygen atoms in total. The second-order valence-corrected chi connectivity index (χ2v) is 7.15. The molecular weight excluding hydrogens is 246 g/mol. The van der Waals surface area contributed by atoms with Gasteiger partial charge in [0.15, 0.2) is 0 Å². The van der Waals surface area contributed by atoms with Gasteiger partial charge >= 0.3 is 0 Å². The third-order valence-electron chi connectivity index (χ3n) is 4.57. The fourth-order valence-corrected chi connectivity index (χ4v) is 2.96. The summed E-state index contributed by atoms with van der Waals surface area (Å²) in [4.78, 5) is 0. The lowest BCUT2D eigenvalue weighted by atomic mass is 9.75. The normalized spacial score (nSPS) is 22.6. The van der Waals surface area contributed by atoms with Crippen LogP contribution in [-0.2, 0) is 0 Å². The third kappa shape index (κ3) is 4.32. The Morgan fingerprint density at radius 2 is 1.85 bits per heavy atom. The van der Waals surface area contributed by atoms with Gasteiger partial charge in [-0.2, -0.15) is 0 Å². The number of hydrogen-bond acceptors (Lipinski definition) is 2. The third-order valence-corrected chi connectivity index (χ3v) is 4.57. The number of aliphatic hydroxyl groups excluding tert-OH is 1. The van der Waals surface area contributed by atoms with Crippen molar-refractivity contribution in [3.05, 3.63) is 35.4 Å². The van der Waals surface area contributed by atoms with Crippen LogP contribution in [0.2, 0.25) is 0 Å². The highest BCUT2D eigenvalue weighted by Gasteiger charge is 2.31. The van der Waals surface area contributed by atoms with E-state index in [4.69, 9.17) is 5.11 Å². The molecule has 0 atom stereocenters. The molecule has 1 aliphatic carbocycles. The molecule has 0 aliphatic heterocycles. The standard InChI is InChI=1S/C18H29NO/c1-14-5-7-15(8-6-14)16-11-17(12-16)19-13-18(2,3)9-4-10-20/h5-8,16-17,19-20H,4,9-13H2,1-3H3. The molecule has 0 spiro atoms. The van der Waals surface area contributed by atoms with Gasteiger partial charge in [-0.3, -0.25) is 0 Å². The highest BCUT2D eigenvalue weighted by Crippen LogP contribution is 2.37. The SMILES string of the molecule is Cc1ccc(C2CC(NCC(C)(C)CCCO)C2)cc1. The molecule has 0 bridgehead atoms. The molecule has 1 saturated carbocycles. The van der Waals surface area contributed by atoms with Crippen LogP contribution in [0.15, 0.2) is 24.3 Å². The summed E-state index contributed by atoms with van der Waals surface area (Å²) in [7, 11) is 0. The first-order valence-electron chi connectivity index (χ1n) is 7.91. The van der Waals surface area contributed by atoms with Crippen LogP contribution in [-0.4, -0.2) is 24.3 Å². The number of hydrogen-bond donors (Lipinski definition) is 2. The molecule has 1 aromatic rings. The summed E-state index contributed by atoms with van der Waals surface area (Å²) < 4.78 is 0. The van der Waals surface area contributed by atoms with Crippen molar-refractivity contribution in [2.75, 3.05) is 13.2 Å². The number of aryl methyl sites for hydroxylation is 1. The second-order valence-electron chi connectivity index (χ2n) is 7.15. The number of aliphatic hydroxyl groups is 1. The summed E-state index contributed by atoms with van der Waals surface area (Å²) in [5.74, 6) is 0.744. The van der Waals surface area contributed by atoms with Crippen LogP contribution >= 0.6 is 0 Å². The Bertz CT molecular complexity index is 404. The Morgan fingerprint density at radius 1 is 1.20 bits per heavy atom. The van der Waals surface area contributed by atoms with Crippen LogP contribution in [0, 0.1) is 12.3 Å². The van der Waals surface area contributed by atoms with E-state index in [1.807, 2.05) is 0 Å².